The Hall–Kier alpha value is -1.05. The van der Waals surface area contributed by atoms with Crippen molar-refractivity contribution in [1.29, 1.82) is 0 Å². The average Bonchev–Trinajstić information content (AvgIpc) is 3.73. The molecule has 28 heteroatoms. The number of hydrogen-bond donors (Lipinski definition) is 1. The van der Waals surface area contributed by atoms with Crippen LogP contribution in [0.15, 0.2) is 0 Å². The monoisotopic (exact) mass is 1400 g/mol. The van der Waals surface area contributed by atoms with Gasteiger partial charge in [0.25, 0.3) is 10.1 Å². The lowest BCUT2D eigenvalue weighted by molar-refractivity contribution is -0.0320. The SMILES string of the molecule is CCCCCCCCCCCCCCCCCCOCCOCCOCCOCCOCCOCCOCCOCCOCCOCCOCCOCCOCCOCCOCCOCCOCCOCCOCCOCCOCCOCCOCCOCCCS(=O)(=O)O. The summed E-state index contributed by atoms with van der Waals surface area (Å²) < 4.78 is 162. The van der Waals surface area contributed by atoms with Crippen molar-refractivity contribution in [3.63, 3.8) is 0 Å². The van der Waals surface area contributed by atoms with Crippen molar-refractivity contribution in [3.8, 4) is 0 Å². The summed E-state index contributed by atoms with van der Waals surface area (Å²) in [4.78, 5) is 0. The normalized spacial score (nSPS) is 12.0. The predicted molar refractivity (Wildman–Crippen MR) is 360 cm³/mol. The van der Waals surface area contributed by atoms with Crippen LogP contribution in [0.25, 0.3) is 0 Å². The van der Waals surface area contributed by atoms with Gasteiger partial charge < -0.3 is 114 Å². The van der Waals surface area contributed by atoms with Crippen LogP contribution in [0.5, 0.6) is 0 Å². The Bertz CT molecular complexity index is 1470. The Morgan fingerprint density at radius 1 is 0.158 bits per heavy atom. The van der Waals surface area contributed by atoms with Crippen LogP contribution in [-0.4, -0.2) is 336 Å². The van der Waals surface area contributed by atoms with Crippen molar-refractivity contribution < 1.29 is 127 Å². The van der Waals surface area contributed by atoms with Crippen molar-refractivity contribution >= 4 is 10.1 Å². The summed E-state index contributed by atoms with van der Waals surface area (Å²) in [6.07, 6.45) is 22.3. The lowest BCUT2D eigenvalue weighted by Crippen LogP contribution is -2.16. The highest BCUT2D eigenvalue weighted by Crippen LogP contribution is 2.14. The molecule has 0 aromatic heterocycles. The maximum absolute atomic E-state index is 10.6. The number of unbranched alkanes of at least 4 members (excludes halogenated alkanes) is 15. The van der Waals surface area contributed by atoms with Gasteiger partial charge in [-0.05, 0) is 12.8 Å². The van der Waals surface area contributed by atoms with E-state index in [1.807, 2.05) is 0 Å². The molecule has 27 nitrogen and oxygen atoms in total. The third kappa shape index (κ3) is 93.0. The zero-order valence-electron chi connectivity index (χ0n) is 59.1. The van der Waals surface area contributed by atoms with E-state index < -0.39 is 10.1 Å². The van der Waals surface area contributed by atoms with Gasteiger partial charge in [0.2, 0.25) is 0 Å². The first-order valence-corrected chi connectivity index (χ1v) is 37.5. The summed E-state index contributed by atoms with van der Waals surface area (Å²) in [6, 6.07) is 0. The molecule has 0 radical (unpaired) electrons. The highest BCUT2D eigenvalue weighted by atomic mass is 32.2. The maximum atomic E-state index is 10.6. The zero-order chi connectivity index (χ0) is 68.1. The van der Waals surface area contributed by atoms with Crippen LogP contribution >= 0.6 is 0 Å². The van der Waals surface area contributed by atoms with Crippen molar-refractivity contribution in [2.45, 2.75) is 116 Å². The van der Waals surface area contributed by atoms with Crippen LogP contribution < -0.4 is 0 Å². The zero-order valence-corrected chi connectivity index (χ0v) is 60.0. The van der Waals surface area contributed by atoms with Gasteiger partial charge >= 0.3 is 0 Å². The van der Waals surface area contributed by atoms with Crippen LogP contribution in [0.1, 0.15) is 116 Å². The largest absolute Gasteiger partial charge is 0.379 e. The summed E-state index contributed by atoms with van der Waals surface area (Å²) in [5, 5.41) is 0. The lowest BCUT2D eigenvalue weighted by Gasteiger charge is -2.09. The van der Waals surface area contributed by atoms with Crippen LogP contribution in [0, 0.1) is 0 Å². The lowest BCUT2D eigenvalue weighted by atomic mass is 10.0. The van der Waals surface area contributed by atoms with E-state index in [9.17, 15) is 8.42 Å². The van der Waals surface area contributed by atoms with Gasteiger partial charge in [-0.25, -0.2) is 0 Å². The van der Waals surface area contributed by atoms with Gasteiger partial charge in [-0.1, -0.05) is 103 Å². The first kappa shape index (κ1) is 93.9. The highest BCUT2D eigenvalue weighted by Gasteiger charge is 2.05. The molecule has 0 bridgehead atoms. The minimum Gasteiger partial charge on any atom is -0.379 e. The molecule has 1 N–H and O–H groups in total. The quantitative estimate of drug-likeness (QED) is 0.0477. The summed E-state index contributed by atoms with van der Waals surface area (Å²) >= 11 is 0. The van der Waals surface area contributed by atoms with Crippen LogP contribution in [-0.2, 0) is 124 Å². The van der Waals surface area contributed by atoms with Crippen LogP contribution in [0.2, 0.25) is 0 Å². The molecule has 0 saturated carbocycles. The minimum atomic E-state index is -3.94. The highest BCUT2D eigenvalue weighted by molar-refractivity contribution is 7.85. The van der Waals surface area contributed by atoms with Gasteiger partial charge in [0.05, 0.1) is 310 Å². The third-order valence-corrected chi connectivity index (χ3v) is 14.2. The van der Waals surface area contributed by atoms with Gasteiger partial charge in [0.1, 0.15) is 0 Å². The van der Waals surface area contributed by atoms with E-state index in [-0.39, 0.29) is 18.8 Å². The predicted octanol–water partition coefficient (Wildman–Crippen LogP) is 6.92. The Morgan fingerprint density at radius 2 is 0.263 bits per heavy atom. The third-order valence-electron chi connectivity index (χ3n) is 13.4. The molecule has 0 aliphatic carbocycles. The number of ether oxygens (including phenoxy) is 24. The van der Waals surface area contributed by atoms with E-state index in [4.69, 9.17) is 118 Å². The van der Waals surface area contributed by atoms with E-state index in [2.05, 4.69) is 6.92 Å². The van der Waals surface area contributed by atoms with Gasteiger partial charge in [-0.2, -0.15) is 8.42 Å². The average molecular weight is 1410 g/mol. The van der Waals surface area contributed by atoms with Gasteiger partial charge in [-0.15, -0.1) is 0 Å². The van der Waals surface area contributed by atoms with E-state index >= 15 is 0 Å². The standard InChI is InChI=1S/C67H136O27S/c1-2-3-4-5-6-7-8-9-10-11-12-13-14-15-16-17-19-71-21-23-73-25-27-75-29-31-77-33-35-79-37-39-81-41-43-83-45-47-85-49-51-87-53-55-89-57-59-91-61-63-93-65-66-94-64-62-92-60-58-90-56-54-88-52-50-86-48-46-84-44-42-82-40-38-80-36-34-78-32-30-76-28-26-74-24-22-72-20-18-67-95(68,69)70/h2-67H2,1H3,(H,68,69,70). The molecule has 0 aliphatic rings. The van der Waals surface area contributed by atoms with Crippen molar-refractivity contribution in [2.24, 2.45) is 0 Å². The second-order valence-electron chi connectivity index (χ2n) is 21.6. The van der Waals surface area contributed by atoms with Crippen LogP contribution in [0.4, 0.5) is 0 Å². The summed E-state index contributed by atoms with van der Waals surface area (Å²) in [5.41, 5.74) is 0. The first-order valence-electron chi connectivity index (χ1n) is 35.9. The molecule has 0 rings (SSSR count). The van der Waals surface area contributed by atoms with Crippen molar-refractivity contribution in [3.05, 3.63) is 0 Å². The molecule has 0 amide bonds. The Labute approximate surface area is 573 Å². The van der Waals surface area contributed by atoms with Gasteiger partial charge in [0, 0.05) is 13.2 Å². The topological polar surface area (TPSA) is 276 Å². The molecule has 0 aromatic rings. The molecule has 0 fully saturated rings. The van der Waals surface area contributed by atoms with E-state index in [0.717, 1.165) is 13.0 Å². The second-order valence-corrected chi connectivity index (χ2v) is 23.2. The first-order chi connectivity index (χ1) is 47.1. The van der Waals surface area contributed by atoms with E-state index in [1.165, 1.54) is 96.3 Å². The molecule has 95 heavy (non-hydrogen) atoms. The van der Waals surface area contributed by atoms with Crippen molar-refractivity contribution in [1.82, 2.24) is 0 Å². The fourth-order valence-corrected chi connectivity index (χ4v) is 8.74. The number of rotatable bonds is 90. The molecule has 572 valence electrons. The fourth-order valence-electron chi connectivity index (χ4n) is 8.26. The molecule has 0 atom stereocenters. The molecule has 0 saturated heterocycles. The minimum absolute atomic E-state index is 0.240. The van der Waals surface area contributed by atoms with E-state index in [0.29, 0.717) is 304 Å². The smallest absolute Gasteiger partial charge is 0.264 e. The van der Waals surface area contributed by atoms with Crippen molar-refractivity contribution in [2.75, 3.05) is 323 Å². The molecule has 0 unspecified atom stereocenters. The molecular formula is C67H136O27S. The van der Waals surface area contributed by atoms with Gasteiger partial charge in [-0.3, -0.25) is 4.55 Å². The Morgan fingerprint density at radius 3 is 0.389 bits per heavy atom. The molecular weight excluding hydrogens is 1270 g/mol. The molecule has 0 heterocycles. The second kappa shape index (κ2) is 87.2. The molecule has 0 spiro atoms. The van der Waals surface area contributed by atoms with Crippen LogP contribution in [0.3, 0.4) is 0 Å². The Balaban J connectivity index is 3.09. The summed E-state index contributed by atoms with van der Waals surface area (Å²) in [7, 11) is -3.94. The number of hydrogen-bond acceptors (Lipinski definition) is 26. The van der Waals surface area contributed by atoms with Gasteiger partial charge in [0.15, 0.2) is 0 Å². The summed E-state index contributed by atoms with van der Waals surface area (Å²) in [6.45, 7) is 25.6. The molecule has 0 aliphatic heterocycles. The summed E-state index contributed by atoms with van der Waals surface area (Å²) in [5.74, 6) is -0.311. The van der Waals surface area contributed by atoms with E-state index in [1.54, 1.807) is 0 Å². The maximum Gasteiger partial charge on any atom is 0.264 e. The Kier molecular flexibility index (Phi) is 86.2. The fraction of sp³-hybridized carbons (Fsp3) is 1.00. The molecule has 0 aromatic carbocycles.